The smallest absolute Gasteiger partial charge is 0.0498 e. The molecule has 0 aliphatic heterocycles. The lowest BCUT2D eigenvalue weighted by Gasteiger charge is -2.05. The molecule has 0 amide bonds. The molecule has 1 nitrogen and oxygen atoms in total. The van der Waals surface area contributed by atoms with Gasteiger partial charge in [-0.05, 0) is 52.6 Å². The van der Waals surface area contributed by atoms with Gasteiger partial charge >= 0.3 is 0 Å². The molecule has 0 heterocycles. The minimum Gasteiger partial charge on any atom is -0.255 e. The van der Waals surface area contributed by atoms with Crippen LogP contribution in [-0.4, -0.2) is 10.5 Å². The quantitative estimate of drug-likeness (QED) is 0.612. The first-order chi connectivity index (χ1) is 10.6. The highest BCUT2D eigenvalue weighted by molar-refractivity contribution is 7.84. The van der Waals surface area contributed by atoms with Crippen molar-refractivity contribution in [1.82, 2.24) is 0 Å². The molecule has 3 aromatic rings. The molecule has 1 atom stereocenters. The fourth-order valence-corrected chi connectivity index (χ4v) is 3.06. The molecule has 0 bridgehead atoms. The Labute approximate surface area is 133 Å². The third-order valence-electron chi connectivity index (χ3n) is 3.80. The van der Waals surface area contributed by atoms with Crippen molar-refractivity contribution in [2.45, 2.75) is 11.8 Å². The van der Waals surface area contributed by atoms with E-state index in [1.54, 1.807) is 6.26 Å². The summed E-state index contributed by atoms with van der Waals surface area (Å²) < 4.78 is 11.4. The maximum absolute atomic E-state index is 11.4. The summed E-state index contributed by atoms with van der Waals surface area (Å²) in [7, 11) is -0.924. The summed E-state index contributed by atoms with van der Waals surface area (Å²) in [5.41, 5.74) is 3.55. The Hall–Kier alpha value is -2.19. The number of rotatable bonds is 3. The average molecular weight is 306 g/mol. The van der Waals surface area contributed by atoms with Crippen molar-refractivity contribution in [3.05, 3.63) is 77.9 Å². The molecule has 0 radical (unpaired) electrons. The molecule has 110 valence electrons. The van der Waals surface area contributed by atoms with Crippen LogP contribution in [0.5, 0.6) is 0 Å². The van der Waals surface area contributed by atoms with Crippen molar-refractivity contribution >= 4 is 33.2 Å². The van der Waals surface area contributed by atoms with Crippen LogP contribution in [0.15, 0.2) is 71.6 Å². The van der Waals surface area contributed by atoms with Gasteiger partial charge in [0.15, 0.2) is 0 Å². The van der Waals surface area contributed by atoms with Crippen LogP contribution in [0.4, 0.5) is 0 Å². The van der Waals surface area contributed by atoms with Crippen LogP contribution < -0.4 is 0 Å². The molecule has 0 N–H and O–H groups in total. The van der Waals surface area contributed by atoms with Gasteiger partial charge in [0.05, 0.1) is 0 Å². The van der Waals surface area contributed by atoms with Gasteiger partial charge in [-0.1, -0.05) is 54.6 Å². The van der Waals surface area contributed by atoms with E-state index in [-0.39, 0.29) is 0 Å². The summed E-state index contributed by atoms with van der Waals surface area (Å²) in [6, 6.07) is 22.8. The molecular weight excluding hydrogens is 288 g/mol. The second kappa shape index (κ2) is 6.29. The molecule has 0 fully saturated rings. The van der Waals surface area contributed by atoms with E-state index in [2.05, 4.69) is 55.5 Å². The average Bonchev–Trinajstić information content (AvgIpc) is 2.55. The van der Waals surface area contributed by atoms with Gasteiger partial charge in [0, 0.05) is 22.0 Å². The van der Waals surface area contributed by atoms with Gasteiger partial charge in [-0.25, -0.2) is 0 Å². The zero-order chi connectivity index (χ0) is 15.5. The fourth-order valence-electron chi connectivity index (χ4n) is 2.54. The second-order valence-electron chi connectivity index (χ2n) is 5.41. The normalized spacial score (nSPS) is 13.3. The Bertz CT molecular complexity index is 860. The van der Waals surface area contributed by atoms with Crippen molar-refractivity contribution < 1.29 is 4.21 Å². The zero-order valence-corrected chi connectivity index (χ0v) is 13.6. The molecule has 0 spiro atoms. The van der Waals surface area contributed by atoms with Gasteiger partial charge < -0.3 is 0 Å². The first kappa shape index (κ1) is 14.7. The fraction of sp³-hybridized carbons (Fsp3) is 0.100. The van der Waals surface area contributed by atoms with Crippen LogP contribution in [0.25, 0.3) is 22.4 Å². The minimum atomic E-state index is -0.924. The lowest BCUT2D eigenvalue weighted by atomic mass is 10.0. The molecule has 0 saturated heterocycles. The number of benzene rings is 3. The van der Waals surface area contributed by atoms with E-state index < -0.39 is 10.8 Å². The first-order valence-electron chi connectivity index (χ1n) is 7.24. The Kier molecular flexibility index (Phi) is 4.21. The van der Waals surface area contributed by atoms with Crippen molar-refractivity contribution in [3.63, 3.8) is 0 Å². The largest absolute Gasteiger partial charge is 0.255 e. The predicted molar refractivity (Wildman–Crippen MR) is 96.3 cm³/mol. The summed E-state index contributed by atoms with van der Waals surface area (Å²) >= 11 is 0. The summed E-state index contributed by atoms with van der Waals surface area (Å²) in [5, 5.41) is 2.51. The highest BCUT2D eigenvalue weighted by Crippen LogP contribution is 2.22. The Morgan fingerprint density at radius 1 is 0.909 bits per heavy atom. The van der Waals surface area contributed by atoms with E-state index in [0.717, 1.165) is 10.5 Å². The summed E-state index contributed by atoms with van der Waals surface area (Å²) in [6.07, 6.45) is 3.89. The maximum Gasteiger partial charge on any atom is 0.0498 e. The lowest BCUT2D eigenvalue weighted by molar-refractivity contribution is 0.687. The topological polar surface area (TPSA) is 17.1 Å². The number of allylic oxidation sites excluding steroid dienone is 1. The van der Waals surface area contributed by atoms with Crippen molar-refractivity contribution in [1.29, 1.82) is 0 Å². The zero-order valence-electron chi connectivity index (χ0n) is 12.7. The van der Waals surface area contributed by atoms with Gasteiger partial charge in [-0.2, -0.15) is 0 Å². The maximum atomic E-state index is 11.4. The number of hydrogen-bond donors (Lipinski definition) is 0. The molecule has 3 aromatic carbocycles. The summed E-state index contributed by atoms with van der Waals surface area (Å²) in [5.74, 6) is 0. The lowest BCUT2D eigenvalue weighted by Crippen LogP contribution is -1.88. The van der Waals surface area contributed by atoms with E-state index in [4.69, 9.17) is 0 Å². The van der Waals surface area contributed by atoms with Crippen molar-refractivity contribution in [3.8, 4) is 0 Å². The highest BCUT2D eigenvalue weighted by atomic mass is 32.2. The molecule has 0 aliphatic carbocycles. The highest BCUT2D eigenvalue weighted by Gasteiger charge is 2.00. The van der Waals surface area contributed by atoms with Crippen LogP contribution in [0, 0.1) is 0 Å². The molecule has 0 saturated carbocycles. The predicted octanol–water partition coefficient (Wildman–Crippen LogP) is 5.14. The summed E-state index contributed by atoms with van der Waals surface area (Å²) in [4.78, 5) is 0.863. The van der Waals surface area contributed by atoms with E-state index in [1.165, 1.54) is 21.9 Å². The Morgan fingerprint density at radius 3 is 2.27 bits per heavy atom. The Morgan fingerprint density at radius 2 is 1.59 bits per heavy atom. The van der Waals surface area contributed by atoms with E-state index >= 15 is 0 Å². The number of hydrogen-bond acceptors (Lipinski definition) is 1. The van der Waals surface area contributed by atoms with Gasteiger partial charge in [-0.3, -0.25) is 4.21 Å². The van der Waals surface area contributed by atoms with Crippen LogP contribution in [0.1, 0.15) is 18.1 Å². The van der Waals surface area contributed by atoms with E-state index in [9.17, 15) is 4.21 Å². The van der Waals surface area contributed by atoms with Crippen LogP contribution in [0.3, 0.4) is 0 Å². The third kappa shape index (κ3) is 3.18. The van der Waals surface area contributed by atoms with Gasteiger partial charge in [0.2, 0.25) is 0 Å². The molecule has 0 aromatic heterocycles. The van der Waals surface area contributed by atoms with Crippen LogP contribution in [-0.2, 0) is 10.8 Å². The van der Waals surface area contributed by atoms with Gasteiger partial charge in [0.1, 0.15) is 0 Å². The molecule has 22 heavy (non-hydrogen) atoms. The van der Waals surface area contributed by atoms with Crippen LogP contribution >= 0.6 is 0 Å². The van der Waals surface area contributed by atoms with Crippen molar-refractivity contribution in [2.75, 3.05) is 6.26 Å². The molecule has 2 heteroatoms. The molecule has 0 aliphatic rings. The van der Waals surface area contributed by atoms with Gasteiger partial charge in [-0.15, -0.1) is 0 Å². The van der Waals surface area contributed by atoms with E-state index in [0.29, 0.717) is 0 Å². The SMILES string of the molecule is CC(=Cc1ccc2ccccc2c1)c1ccc(S(C)=O)cc1. The van der Waals surface area contributed by atoms with E-state index in [1.807, 2.05) is 24.3 Å². The third-order valence-corrected chi connectivity index (χ3v) is 4.73. The van der Waals surface area contributed by atoms with Crippen molar-refractivity contribution in [2.24, 2.45) is 0 Å². The standard InChI is InChI=1S/C20H18OS/c1-15(17-9-11-20(12-10-17)22(2)21)13-16-7-8-18-5-3-4-6-19(18)14-16/h3-14H,1-2H3. The summed E-state index contributed by atoms with van der Waals surface area (Å²) in [6.45, 7) is 2.10. The molecule has 3 rings (SSSR count). The molecule has 1 unspecified atom stereocenters. The second-order valence-corrected chi connectivity index (χ2v) is 6.79. The first-order valence-corrected chi connectivity index (χ1v) is 8.80. The number of fused-ring (bicyclic) bond motifs is 1. The Balaban J connectivity index is 1.93. The van der Waals surface area contributed by atoms with Gasteiger partial charge in [0.25, 0.3) is 0 Å². The monoisotopic (exact) mass is 306 g/mol. The minimum absolute atomic E-state index is 0.863. The molecular formula is C20H18OS. The van der Waals surface area contributed by atoms with Crippen LogP contribution in [0.2, 0.25) is 0 Å².